The van der Waals surface area contributed by atoms with Crippen molar-refractivity contribution in [3.8, 4) is 5.82 Å². The molecule has 0 unspecified atom stereocenters. The van der Waals surface area contributed by atoms with E-state index >= 15 is 0 Å². The van der Waals surface area contributed by atoms with Crippen molar-refractivity contribution < 1.29 is 9.90 Å². The molecular weight excluding hydrogens is 442 g/mol. The average Bonchev–Trinajstić information content (AvgIpc) is 3.56. The molecule has 2 atom stereocenters. The van der Waals surface area contributed by atoms with Crippen LogP contribution in [0, 0.1) is 0 Å². The number of hydrogen-bond donors (Lipinski definition) is 2. The van der Waals surface area contributed by atoms with Crippen molar-refractivity contribution in [2.75, 3.05) is 0 Å². The number of aryl methyl sites for hydroxylation is 1. The first-order valence-corrected chi connectivity index (χ1v) is 11.9. The normalized spacial score (nSPS) is 20.5. The van der Waals surface area contributed by atoms with Gasteiger partial charge in [0.05, 0.1) is 35.7 Å². The van der Waals surface area contributed by atoms with Gasteiger partial charge in [-0.3, -0.25) is 4.79 Å². The van der Waals surface area contributed by atoms with Crippen molar-refractivity contribution >= 4 is 27.7 Å². The molecule has 9 nitrogen and oxygen atoms in total. The van der Waals surface area contributed by atoms with Crippen molar-refractivity contribution in [1.82, 2.24) is 34.4 Å². The number of amides is 1. The van der Waals surface area contributed by atoms with Gasteiger partial charge in [-0.05, 0) is 56.0 Å². The highest BCUT2D eigenvalue weighted by Crippen LogP contribution is 2.30. The third kappa shape index (κ3) is 3.97. The number of carbonyl (C=O) groups excluding carboxylic acids is 1. The number of benzene rings is 2. The second-order valence-electron chi connectivity index (χ2n) is 9.52. The Balaban J connectivity index is 1.22. The monoisotopic (exact) mass is 469 g/mol. The molecule has 0 aliphatic heterocycles. The van der Waals surface area contributed by atoms with Crippen LogP contribution in [0.15, 0.2) is 67.4 Å². The fraction of sp³-hybridized carbons (Fsp3) is 0.308. The molecule has 35 heavy (non-hydrogen) atoms. The van der Waals surface area contributed by atoms with E-state index in [0.29, 0.717) is 24.9 Å². The zero-order valence-electron chi connectivity index (χ0n) is 19.5. The third-order valence-electron chi connectivity index (χ3n) is 6.93. The molecule has 1 aliphatic rings. The minimum atomic E-state index is -0.853. The van der Waals surface area contributed by atoms with Crippen molar-refractivity contribution in [2.24, 2.45) is 7.05 Å². The van der Waals surface area contributed by atoms with Crippen LogP contribution in [0.25, 0.3) is 27.6 Å². The van der Waals surface area contributed by atoms with E-state index in [9.17, 15) is 9.90 Å². The van der Waals surface area contributed by atoms with Crippen molar-refractivity contribution in [3.05, 3.63) is 72.9 Å². The Morgan fingerprint density at radius 2 is 2.14 bits per heavy atom. The summed E-state index contributed by atoms with van der Waals surface area (Å²) in [6.07, 6.45) is 10.00. The smallest absolute Gasteiger partial charge is 0.251 e. The van der Waals surface area contributed by atoms with E-state index in [1.807, 2.05) is 69.6 Å². The van der Waals surface area contributed by atoms with E-state index in [1.54, 1.807) is 18.7 Å². The molecule has 1 saturated carbocycles. The van der Waals surface area contributed by atoms with Gasteiger partial charge in [-0.15, -0.1) is 0 Å². The second-order valence-corrected chi connectivity index (χ2v) is 9.52. The largest absolute Gasteiger partial charge is 0.388 e. The molecule has 2 N–H and O–H groups in total. The van der Waals surface area contributed by atoms with Gasteiger partial charge in [0.25, 0.3) is 5.91 Å². The fourth-order valence-electron chi connectivity index (χ4n) is 5.32. The van der Waals surface area contributed by atoms with Crippen molar-refractivity contribution in [2.45, 2.75) is 43.9 Å². The first-order chi connectivity index (χ1) is 17.0. The van der Waals surface area contributed by atoms with Gasteiger partial charge in [0.1, 0.15) is 0 Å². The van der Waals surface area contributed by atoms with E-state index in [0.717, 1.165) is 40.5 Å². The zero-order valence-corrected chi connectivity index (χ0v) is 19.5. The Bertz CT molecular complexity index is 1520. The number of imidazole rings is 1. The van der Waals surface area contributed by atoms with Crippen LogP contribution >= 0.6 is 0 Å². The molecule has 1 aliphatic carbocycles. The number of rotatable bonds is 5. The molecule has 2 aromatic carbocycles. The highest BCUT2D eigenvalue weighted by Gasteiger charge is 2.35. The molecule has 3 heterocycles. The maximum atomic E-state index is 13.1. The summed E-state index contributed by atoms with van der Waals surface area (Å²) in [7, 11) is 1.91. The summed E-state index contributed by atoms with van der Waals surface area (Å²) >= 11 is 0. The number of nitrogens with zero attached hydrogens (tertiary/aromatic N) is 6. The van der Waals surface area contributed by atoms with Gasteiger partial charge >= 0.3 is 0 Å². The Hall–Kier alpha value is -3.98. The fourth-order valence-corrected chi connectivity index (χ4v) is 5.32. The summed E-state index contributed by atoms with van der Waals surface area (Å²) in [6, 6.07) is 13.5. The third-order valence-corrected chi connectivity index (χ3v) is 6.93. The highest BCUT2D eigenvalue weighted by atomic mass is 16.3. The van der Waals surface area contributed by atoms with Crippen LogP contribution < -0.4 is 5.32 Å². The summed E-state index contributed by atoms with van der Waals surface area (Å²) in [4.78, 5) is 17.2. The van der Waals surface area contributed by atoms with Crippen LogP contribution in [0.2, 0.25) is 0 Å². The topological polar surface area (TPSA) is 103 Å². The lowest BCUT2D eigenvalue weighted by Gasteiger charge is -2.37. The standard InChI is InChI=1S/C26H27N7O2/c1-31-25(21-6-2-3-7-22(21)30-31)33-23-9-8-18(13-19(23)15-28-33)24(34)29-20-5-4-10-26(35,14-20)16-32-12-11-27-17-32/h2-3,6-9,11-13,15,17,20,35H,4-5,10,14,16H2,1H3,(H,29,34)/t20-,26+/m1/s1. The predicted molar refractivity (Wildman–Crippen MR) is 132 cm³/mol. The minimum Gasteiger partial charge on any atom is -0.388 e. The van der Waals surface area contributed by atoms with Crippen molar-refractivity contribution in [1.29, 1.82) is 0 Å². The van der Waals surface area contributed by atoms with Crippen LogP contribution in [0.3, 0.4) is 0 Å². The first-order valence-electron chi connectivity index (χ1n) is 11.9. The summed E-state index contributed by atoms with van der Waals surface area (Å²) in [5.41, 5.74) is 1.54. The minimum absolute atomic E-state index is 0.0796. The lowest BCUT2D eigenvalue weighted by atomic mass is 9.81. The molecule has 3 aromatic heterocycles. The highest BCUT2D eigenvalue weighted by molar-refractivity contribution is 5.98. The molecule has 0 radical (unpaired) electrons. The number of fused-ring (bicyclic) bond motifs is 2. The van der Waals surface area contributed by atoms with Crippen LogP contribution in [0.1, 0.15) is 36.0 Å². The van der Waals surface area contributed by atoms with E-state index in [4.69, 9.17) is 0 Å². The second kappa shape index (κ2) is 8.35. The van der Waals surface area contributed by atoms with E-state index in [2.05, 4.69) is 20.5 Å². The summed E-state index contributed by atoms with van der Waals surface area (Å²) in [5.74, 6) is 0.745. The van der Waals surface area contributed by atoms with E-state index < -0.39 is 5.60 Å². The summed E-state index contributed by atoms with van der Waals surface area (Å²) < 4.78 is 5.58. The number of nitrogens with one attached hydrogen (secondary N) is 1. The lowest BCUT2D eigenvalue weighted by Crippen LogP contribution is -2.47. The average molecular weight is 470 g/mol. The van der Waals surface area contributed by atoms with E-state index in [1.165, 1.54) is 0 Å². The maximum Gasteiger partial charge on any atom is 0.251 e. The van der Waals surface area contributed by atoms with Gasteiger partial charge < -0.3 is 15.0 Å². The molecular formula is C26H27N7O2. The number of aliphatic hydroxyl groups is 1. The quantitative estimate of drug-likeness (QED) is 0.412. The van der Waals surface area contributed by atoms with Gasteiger partial charge in [-0.2, -0.15) is 10.2 Å². The Morgan fingerprint density at radius 1 is 1.26 bits per heavy atom. The Labute approximate surface area is 202 Å². The Kier molecular flexibility index (Phi) is 5.14. The molecule has 6 rings (SSSR count). The van der Waals surface area contributed by atoms with Gasteiger partial charge in [-0.25, -0.2) is 14.3 Å². The zero-order chi connectivity index (χ0) is 24.0. The van der Waals surface area contributed by atoms with Crippen molar-refractivity contribution in [3.63, 3.8) is 0 Å². The molecule has 1 fully saturated rings. The first kappa shape index (κ1) is 21.5. The van der Waals surface area contributed by atoms with Crippen LogP contribution in [0.4, 0.5) is 0 Å². The predicted octanol–water partition coefficient (Wildman–Crippen LogP) is 3.21. The van der Waals surface area contributed by atoms with Crippen LogP contribution in [0.5, 0.6) is 0 Å². The molecule has 178 valence electrons. The van der Waals surface area contributed by atoms with Gasteiger partial charge in [0.2, 0.25) is 0 Å². The summed E-state index contributed by atoms with van der Waals surface area (Å²) in [6.45, 7) is 0.479. The number of hydrogen-bond acceptors (Lipinski definition) is 5. The number of aromatic nitrogens is 6. The summed E-state index contributed by atoms with van der Waals surface area (Å²) in [5, 5.41) is 25.3. The van der Waals surface area contributed by atoms with Crippen LogP contribution in [-0.2, 0) is 13.6 Å². The molecule has 0 spiro atoms. The molecule has 1 amide bonds. The molecule has 9 heteroatoms. The van der Waals surface area contributed by atoms with Gasteiger partial charge in [0, 0.05) is 41.8 Å². The molecule has 0 bridgehead atoms. The SMILES string of the molecule is Cn1nc2ccccc2c1-n1ncc2cc(C(=O)N[C@@H]3CCC[C@@](O)(Cn4ccnc4)C3)ccc21. The maximum absolute atomic E-state index is 13.1. The molecule has 5 aromatic rings. The Morgan fingerprint density at radius 3 is 3.00 bits per heavy atom. The van der Waals surface area contributed by atoms with E-state index in [-0.39, 0.29) is 11.9 Å². The lowest BCUT2D eigenvalue weighted by molar-refractivity contribution is -0.0211. The molecule has 0 saturated heterocycles. The van der Waals surface area contributed by atoms with Crippen LogP contribution in [-0.4, -0.2) is 51.8 Å². The van der Waals surface area contributed by atoms with Gasteiger partial charge in [-0.1, -0.05) is 12.1 Å². The van der Waals surface area contributed by atoms with Gasteiger partial charge in [0.15, 0.2) is 5.82 Å². The number of carbonyl (C=O) groups is 1.